The molecule has 1 saturated carbocycles. The van der Waals surface area contributed by atoms with Crippen molar-refractivity contribution in [2.45, 2.75) is 25.3 Å². The molecule has 0 spiro atoms. The van der Waals surface area contributed by atoms with Crippen LogP contribution in [0.25, 0.3) is 0 Å². The van der Waals surface area contributed by atoms with Crippen LogP contribution in [0.2, 0.25) is 0 Å². The maximum atomic E-state index is 10.6. The quantitative estimate of drug-likeness (QED) is 0.501. The van der Waals surface area contributed by atoms with E-state index in [9.17, 15) is 4.79 Å². The van der Waals surface area contributed by atoms with Crippen LogP contribution in [0.1, 0.15) is 19.3 Å². The third-order valence-corrected chi connectivity index (χ3v) is 2.08. The molecule has 0 aromatic heterocycles. The summed E-state index contributed by atoms with van der Waals surface area (Å²) >= 11 is 0. The van der Waals surface area contributed by atoms with Crippen LogP contribution in [-0.2, 0) is 9.53 Å². The third-order valence-electron chi connectivity index (χ3n) is 2.08. The molecule has 12 heavy (non-hydrogen) atoms. The minimum atomic E-state index is -0.287. The fourth-order valence-corrected chi connectivity index (χ4v) is 1.07. The summed E-state index contributed by atoms with van der Waals surface area (Å²) in [6.45, 7) is 0.764. The first kappa shape index (κ1) is 9.26. The summed E-state index contributed by atoms with van der Waals surface area (Å²) in [6, 6.07) is 0.673. The van der Waals surface area contributed by atoms with Gasteiger partial charge in [0.25, 0.3) is 0 Å². The van der Waals surface area contributed by atoms with Crippen LogP contribution in [-0.4, -0.2) is 25.7 Å². The van der Waals surface area contributed by atoms with Crippen LogP contribution in [0, 0.1) is 0 Å². The van der Waals surface area contributed by atoms with Crippen LogP contribution in [0.5, 0.6) is 0 Å². The molecule has 0 radical (unpaired) electrons. The Balaban J connectivity index is 2.00. The van der Waals surface area contributed by atoms with Gasteiger partial charge in [0.15, 0.2) is 0 Å². The van der Waals surface area contributed by atoms with E-state index < -0.39 is 0 Å². The summed E-state index contributed by atoms with van der Waals surface area (Å²) in [5, 5.41) is 3.30. The molecule has 1 aliphatic carbocycles. The molecule has 0 atom stereocenters. The zero-order valence-electron chi connectivity index (χ0n) is 7.38. The molecule has 0 amide bonds. The molecule has 1 fully saturated rings. The van der Waals surface area contributed by atoms with Gasteiger partial charge in [0.1, 0.15) is 0 Å². The lowest BCUT2D eigenvalue weighted by Gasteiger charge is -2.25. The van der Waals surface area contributed by atoms with E-state index in [2.05, 4.69) is 10.1 Å². The number of rotatable bonds is 4. The number of nitrogens with one attached hydrogen (secondary N) is 1. The summed E-state index contributed by atoms with van der Waals surface area (Å²) in [4.78, 5) is 10.6. The molecule has 1 aliphatic rings. The molecule has 68 valence electrons. The van der Waals surface area contributed by atoms with Crippen LogP contribution in [0.4, 0.5) is 0 Å². The van der Waals surface area contributed by atoms with Crippen molar-refractivity contribution in [1.29, 1.82) is 0 Å². The van der Waals surface area contributed by atoms with E-state index in [1.807, 2.05) is 0 Å². The van der Waals surface area contributed by atoms with Gasteiger partial charge in [-0.3, -0.25) is 0 Å². The molecule has 0 aliphatic heterocycles. The second kappa shape index (κ2) is 4.93. The van der Waals surface area contributed by atoms with Crippen LogP contribution in [0.3, 0.4) is 0 Å². The topological polar surface area (TPSA) is 38.3 Å². The lowest BCUT2D eigenvalue weighted by atomic mass is 9.93. The smallest absolute Gasteiger partial charge is 0.330 e. The van der Waals surface area contributed by atoms with Gasteiger partial charge in [-0.05, 0) is 12.8 Å². The van der Waals surface area contributed by atoms with Crippen molar-refractivity contribution in [1.82, 2.24) is 5.32 Å². The lowest BCUT2D eigenvalue weighted by Crippen LogP contribution is -2.35. The Morgan fingerprint density at radius 2 is 2.42 bits per heavy atom. The first-order chi connectivity index (χ1) is 5.83. The Morgan fingerprint density at radius 1 is 1.67 bits per heavy atom. The van der Waals surface area contributed by atoms with Gasteiger partial charge >= 0.3 is 5.97 Å². The van der Waals surface area contributed by atoms with Crippen molar-refractivity contribution >= 4 is 5.97 Å². The van der Waals surface area contributed by atoms with E-state index in [0.29, 0.717) is 6.04 Å². The summed E-state index contributed by atoms with van der Waals surface area (Å²) in [5.74, 6) is -0.287. The average Bonchev–Trinajstić information content (AvgIpc) is 2.00. The highest BCUT2D eigenvalue weighted by atomic mass is 16.5. The molecule has 0 saturated heterocycles. The minimum Gasteiger partial charge on any atom is -0.466 e. The molecule has 1 rings (SSSR count). The molecule has 3 heteroatoms. The molecule has 1 N–H and O–H groups in total. The van der Waals surface area contributed by atoms with E-state index >= 15 is 0 Å². The van der Waals surface area contributed by atoms with Crippen molar-refractivity contribution in [3.05, 3.63) is 12.2 Å². The van der Waals surface area contributed by atoms with Gasteiger partial charge < -0.3 is 10.1 Å². The van der Waals surface area contributed by atoms with E-state index in [1.54, 1.807) is 6.08 Å². The summed E-state index contributed by atoms with van der Waals surface area (Å²) < 4.78 is 4.44. The van der Waals surface area contributed by atoms with E-state index in [-0.39, 0.29) is 5.97 Å². The highest BCUT2D eigenvalue weighted by Crippen LogP contribution is 2.17. The Bertz CT molecular complexity index is 173. The van der Waals surface area contributed by atoms with Crippen LogP contribution >= 0.6 is 0 Å². The third kappa shape index (κ3) is 3.05. The Labute approximate surface area is 72.8 Å². The predicted molar refractivity (Wildman–Crippen MR) is 46.8 cm³/mol. The molecule has 0 aromatic carbocycles. The van der Waals surface area contributed by atoms with Crippen molar-refractivity contribution in [2.75, 3.05) is 13.7 Å². The number of carbonyl (C=O) groups is 1. The van der Waals surface area contributed by atoms with Crippen molar-refractivity contribution in [3.8, 4) is 0 Å². The highest BCUT2D eigenvalue weighted by Gasteiger charge is 2.14. The van der Waals surface area contributed by atoms with E-state index in [0.717, 1.165) is 6.54 Å². The number of hydrogen-bond acceptors (Lipinski definition) is 3. The fraction of sp³-hybridized carbons (Fsp3) is 0.667. The highest BCUT2D eigenvalue weighted by molar-refractivity contribution is 5.81. The zero-order valence-corrected chi connectivity index (χ0v) is 7.38. The van der Waals surface area contributed by atoms with Crippen LogP contribution < -0.4 is 5.32 Å². The molecule has 0 aromatic rings. The first-order valence-corrected chi connectivity index (χ1v) is 4.31. The number of carbonyl (C=O) groups excluding carboxylic acids is 1. The largest absolute Gasteiger partial charge is 0.466 e. The van der Waals surface area contributed by atoms with Gasteiger partial charge in [-0.15, -0.1) is 0 Å². The molecule has 3 nitrogen and oxygen atoms in total. The molecular weight excluding hydrogens is 154 g/mol. The Morgan fingerprint density at radius 3 is 2.92 bits per heavy atom. The van der Waals surface area contributed by atoms with Crippen molar-refractivity contribution in [3.63, 3.8) is 0 Å². The van der Waals surface area contributed by atoms with Gasteiger partial charge in [0, 0.05) is 18.7 Å². The normalized spacial score (nSPS) is 17.8. The fourth-order valence-electron chi connectivity index (χ4n) is 1.07. The number of esters is 1. The maximum absolute atomic E-state index is 10.6. The van der Waals surface area contributed by atoms with E-state index in [4.69, 9.17) is 0 Å². The summed E-state index contributed by atoms with van der Waals surface area (Å²) in [6.07, 6.45) is 7.12. The van der Waals surface area contributed by atoms with Gasteiger partial charge in [-0.2, -0.15) is 0 Å². The number of hydrogen-bond donors (Lipinski definition) is 1. The number of ether oxygens (including phenoxy) is 1. The van der Waals surface area contributed by atoms with Gasteiger partial charge in [0.05, 0.1) is 7.11 Å². The Hall–Kier alpha value is -0.830. The van der Waals surface area contributed by atoms with Crippen molar-refractivity contribution < 1.29 is 9.53 Å². The van der Waals surface area contributed by atoms with Gasteiger partial charge in [-0.1, -0.05) is 12.5 Å². The molecule has 0 bridgehead atoms. The minimum absolute atomic E-state index is 0.287. The second-order valence-corrected chi connectivity index (χ2v) is 2.96. The van der Waals surface area contributed by atoms with E-state index in [1.165, 1.54) is 32.4 Å². The zero-order chi connectivity index (χ0) is 8.81. The summed E-state index contributed by atoms with van der Waals surface area (Å²) in [7, 11) is 1.38. The SMILES string of the molecule is COC(=O)C=CCNC1CCC1. The molecule has 0 unspecified atom stereocenters. The predicted octanol–water partition coefficient (Wildman–Crippen LogP) is 0.858. The Kier molecular flexibility index (Phi) is 3.80. The molecular formula is C9H15NO2. The monoisotopic (exact) mass is 169 g/mol. The maximum Gasteiger partial charge on any atom is 0.330 e. The van der Waals surface area contributed by atoms with Gasteiger partial charge in [0.2, 0.25) is 0 Å². The standard InChI is InChI=1S/C9H15NO2/c1-12-9(11)6-3-7-10-8-4-2-5-8/h3,6,8,10H,2,4-5,7H2,1H3. The lowest BCUT2D eigenvalue weighted by molar-refractivity contribution is -0.134. The summed E-state index contributed by atoms with van der Waals surface area (Å²) in [5.41, 5.74) is 0. The molecule has 0 heterocycles. The first-order valence-electron chi connectivity index (χ1n) is 4.31. The second-order valence-electron chi connectivity index (χ2n) is 2.96. The van der Waals surface area contributed by atoms with Crippen LogP contribution in [0.15, 0.2) is 12.2 Å². The van der Waals surface area contributed by atoms with Crippen molar-refractivity contribution in [2.24, 2.45) is 0 Å². The average molecular weight is 169 g/mol. The number of methoxy groups -OCH3 is 1. The van der Waals surface area contributed by atoms with Gasteiger partial charge in [-0.25, -0.2) is 4.79 Å².